The molecule has 0 atom stereocenters. The second-order valence-corrected chi connectivity index (χ2v) is 6.31. The molecule has 0 bridgehead atoms. The van der Waals surface area contributed by atoms with Crippen molar-refractivity contribution >= 4 is 0 Å². The second kappa shape index (κ2) is 6.53. The van der Waals surface area contributed by atoms with Crippen molar-refractivity contribution in [1.82, 2.24) is 5.32 Å². The lowest BCUT2D eigenvalue weighted by Crippen LogP contribution is -2.29. The molecule has 1 aromatic rings. The summed E-state index contributed by atoms with van der Waals surface area (Å²) in [6.07, 6.45) is 4.83. The molecule has 0 radical (unpaired) electrons. The van der Waals surface area contributed by atoms with Crippen LogP contribution in [0.2, 0.25) is 0 Å². The van der Waals surface area contributed by atoms with E-state index >= 15 is 0 Å². The SMILES string of the molecule is COC(C)(C)Cc1ccccc1CC1CCNCC1. The summed E-state index contributed by atoms with van der Waals surface area (Å²) in [4.78, 5) is 0. The molecular weight excluding hydrogens is 234 g/mol. The van der Waals surface area contributed by atoms with Crippen LogP contribution < -0.4 is 5.32 Å². The maximum Gasteiger partial charge on any atom is 0.0663 e. The van der Waals surface area contributed by atoms with Crippen LogP contribution >= 0.6 is 0 Å². The van der Waals surface area contributed by atoms with E-state index in [4.69, 9.17) is 4.74 Å². The fourth-order valence-corrected chi connectivity index (χ4v) is 2.86. The second-order valence-electron chi connectivity index (χ2n) is 6.31. The maximum atomic E-state index is 5.58. The molecule has 1 heterocycles. The van der Waals surface area contributed by atoms with Gasteiger partial charge in [0, 0.05) is 13.5 Å². The van der Waals surface area contributed by atoms with Gasteiger partial charge in [-0.25, -0.2) is 0 Å². The fourth-order valence-electron chi connectivity index (χ4n) is 2.86. The fraction of sp³-hybridized carbons (Fsp3) is 0.647. The smallest absolute Gasteiger partial charge is 0.0663 e. The third-order valence-corrected chi connectivity index (χ3v) is 4.25. The average molecular weight is 261 g/mol. The van der Waals surface area contributed by atoms with Crippen molar-refractivity contribution < 1.29 is 4.74 Å². The number of nitrogens with one attached hydrogen (secondary N) is 1. The Morgan fingerprint density at radius 1 is 1.16 bits per heavy atom. The number of ether oxygens (including phenoxy) is 1. The van der Waals surface area contributed by atoms with Crippen molar-refractivity contribution in [2.75, 3.05) is 20.2 Å². The average Bonchev–Trinajstić information content (AvgIpc) is 2.42. The van der Waals surface area contributed by atoms with E-state index in [2.05, 4.69) is 43.4 Å². The number of hydrogen-bond acceptors (Lipinski definition) is 2. The molecule has 1 aliphatic heterocycles. The Morgan fingerprint density at radius 2 is 1.79 bits per heavy atom. The van der Waals surface area contributed by atoms with Crippen molar-refractivity contribution in [3.8, 4) is 0 Å². The molecule has 0 spiro atoms. The van der Waals surface area contributed by atoms with E-state index in [1.165, 1.54) is 43.5 Å². The number of methoxy groups -OCH3 is 1. The minimum Gasteiger partial charge on any atom is -0.378 e. The van der Waals surface area contributed by atoms with Crippen LogP contribution in [0.15, 0.2) is 24.3 Å². The highest BCUT2D eigenvalue weighted by molar-refractivity contribution is 5.29. The van der Waals surface area contributed by atoms with E-state index in [-0.39, 0.29) is 5.60 Å². The van der Waals surface area contributed by atoms with Crippen molar-refractivity contribution in [3.05, 3.63) is 35.4 Å². The quantitative estimate of drug-likeness (QED) is 0.879. The summed E-state index contributed by atoms with van der Waals surface area (Å²) < 4.78 is 5.58. The Morgan fingerprint density at radius 3 is 2.42 bits per heavy atom. The zero-order chi connectivity index (χ0) is 13.7. The number of rotatable bonds is 5. The molecular formula is C17H27NO. The van der Waals surface area contributed by atoms with Crippen molar-refractivity contribution in [1.29, 1.82) is 0 Å². The molecule has 0 amide bonds. The van der Waals surface area contributed by atoms with Crippen LogP contribution in [0.3, 0.4) is 0 Å². The molecule has 0 aromatic heterocycles. The molecule has 106 valence electrons. The molecule has 2 rings (SSSR count). The normalized spacial score (nSPS) is 17.6. The van der Waals surface area contributed by atoms with Gasteiger partial charge in [-0.05, 0) is 63.2 Å². The van der Waals surface area contributed by atoms with Crippen LogP contribution in [-0.4, -0.2) is 25.8 Å². The minimum absolute atomic E-state index is 0.0791. The highest BCUT2D eigenvalue weighted by Crippen LogP contribution is 2.24. The first kappa shape index (κ1) is 14.5. The minimum atomic E-state index is -0.0791. The Hall–Kier alpha value is -0.860. The lowest BCUT2D eigenvalue weighted by Gasteiger charge is -2.27. The van der Waals surface area contributed by atoms with Crippen LogP contribution in [-0.2, 0) is 17.6 Å². The van der Waals surface area contributed by atoms with Gasteiger partial charge in [-0.3, -0.25) is 0 Å². The summed E-state index contributed by atoms with van der Waals surface area (Å²) in [5.41, 5.74) is 2.89. The van der Waals surface area contributed by atoms with Crippen molar-refractivity contribution in [2.45, 2.75) is 45.1 Å². The van der Waals surface area contributed by atoms with Gasteiger partial charge in [0.15, 0.2) is 0 Å². The van der Waals surface area contributed by atoms with Gasteiger partial charge >= 0.3 is 0 Å². The van der Waals surface area contributed by atoms with E-state index in [1.807, 2.05) is 0 Å². The van der Waals surface area contributed by atoms with Gasteiger partial charge < -0.3 is 10.1 Å². The summed E-state index contributed by atoms with van der Waals surface area (Å²) >= 11 is 0. The molecule has 2 heteroatoms. The van der Waals surface area contributed by atoms with Gasteiger partial charge in [0.1, 0.15) is 0 Å². The first-order valence-electron chi connectivity index (χ1n) is 7.43. The maximum absolute atomic E-state index is 5.58. The zero-order valence-corrected chi connectivity index (χ0v) is 12.5. The number of hydrogen-bond donors (Lipinski definition) is 1. The summed E-state index contributed by atoms with van der Waals surface area (Å²) in [5, 5.41) is 3.44. The Kier molecular flexibility index (Phi) is 5.00. The summed E-state index contributed by atoms with van der Waals surface area (Å²) in [6.45, 7) is 6.68. The Balaban J connectivity index is 2.07. The first-order chi connectivity index (χ1) is 9.11. The molecule has 1 aliphatic rings. The van der Waals surface area contributed by atoms with E-state index in [0.717, 1.165) is 12.3 Å². The molecule has 0 unspecified atom stereocenters. The molecule has 1 fully saturated rings. The van der Waals surface area contributed by atoms with Crippen LogP contribution in [0.1, 0.15) is 37.8 Å². The predicted octanol–water partition coefficient (Wildman–Crippen LogP) is 3.20. The van der Waals surface area contributed by atoms with Gasteiger partial charge in [0.25, 0.3) is 0 Å². The van der Waals surface area contributed by atoms with Crippen molar-refractivity contribution in [3.63, 3.8) is 0 Å². The number of piperidine rings is 1. The largest absolute Gasteiger partial charge is 0.378 e. The lowest BCUT2D eigenvalue weighted by molar-refractivity contribution is 0.0230. The molecule has 19 heavy (non-hydrogen) atoms. The van der Waals surface area contributed by atoms with E-state index in [9.17, 15) is 0 Å². The van der Waals surface area contributed by atoms with Crippen molar-refractivity contribution in [2.24, 2.45) is 5.92 Å². The summed E-state index contributed by atoms with van der Waals surface area (Å²) in [6, 6.07) is 8.87. The van der Waals surface area contributed by atoms with Crippen LogP contribution in [0.4, 0.5) is 0 Å². The zero-order valence-electron chi connectivity index (χ0n) is 12.5. The highest BCUT2D eigenvalue weighted by atomic mass is 16.5. The van der Waals surface area contributed by atoms with Gasteiger partial charge in [-0.15, -0.1) is 0 Å². The van der Waals surface area contributed by atoms with Gasteiger partial charge in [0.2, 0.25) is 0 Å². The third kappa shape index (κ3) is 4.32. The Labute approximate surface area is 117 Å². The molecule has 1 aromatic carbocycles. The summed E-state index contributed by atoms with van der Waals surface area (Å²) in [5.74, 6) is 0.841. The standard InChI is InChI=1S/C17H27NO/c1-17(2,19-3)13-16-7-5-4-6-15(16)12-14-8-10-18-11-9-14/h4-7,14,18H,8-13H2,1-3H3. The summed E-state index contributed by atoms with van der Waals surface area (Å²) in [7, 11) is 1.80. The van der Waals surface area contributed by atoms with Crippen LogP contribution in [0.25, 0.3) is 0 Å². The van der Waals surface area contributed by atoms with Crippen LogP contribution in [0.5, 0.6) is 0 Å². The van der Waals surface area contributed by atoms with Gasteiger partial charge in [-0.1, -0.05) is 24.3 Å². The van der Waals surface area contributed by atoms with E-state index < -0.39 is 0 Å². The van der Waals surface area contributed by atoms with Gasteiger partial charge in [-0.2, -0.15) is 0 Å². The molecule has 1 N–H and O–H groups in total. The molecule has 1 saturated heterocycles. The predicted molar refractivity (Wildman–Crippen MR) is 80.5 cm³/mol. The lowest BCUT2D eigenvalue weighted by atomic mass is 9.86. The third-order valence-electron chi connectivity index (χ3n) is 4.25. The Bertz CT molecular complexity index is 394. The molecule has 0 saturated carbocycles. The van der Waals surface area contributed by atoms with Crippen LogP contribution in [0, 0.1) is 5.92 Å². The van der Waals surface area contributed by atoms with E-state index in [1.54, 1.807) is 7.11 Å². The highest BCUT2D eigenvalue weighted by Gasteiger charge is 2.20. The number of benzene rings is 1. The monoisotopic (exact) mass is 261 g/mol. The van der Waals surface area contributed by atoms with E-state index in [0.29, 0.717) is 0 Å². The molecule has 0 aliphatic carbocycles. The van der Waals surface area contributed by atoms with Gasteiger partial charge in [0.05, 0.1) is 5.60 Å². The molecule has 2 nitrogen and oxygen atoms in total. The topological polar surface area (TPSA) is 21.3 Å². The first-order valence-corrected chi connectivity index (χ1v) is 7.43.